The predicted octanol–water partition coefficient (Wildman–Crippen LogP) is 3.39. The summed E-state index contributed by atoms with van der Waals surface area (Å²) in [5.41, 5.74) is 5.75. The molecule has 0 aromatic heterocycles. The Kier molecular flexibility index (Phi) is 6.75. The average molecular weight is 432 g/mol. The van der Waals surface area contributed by atoms with Gasteiger partial charge < -0.3 is 5.11 Å². The van der Waals surface area contributed by atoms with Gasteiger partial charge in [-0.2, -0.15) is 0 Å². The third-order valence-electron chi connectivity index (χ3n) is 5.39. The second-order valence-electron chi connectivity index (χ2n) is 7.18. The zero-order valence-corrected chi connectivity index (χ0v) is 17.4. The van der Waals surface area contributed by atoms with E-state index in [9.17, 15) is 5.11 Å². The zero-order chi connectivity index (χ0) is 19.6. The van der Waals surface area contributed by atoms with Gasteiger partial charge in [0.1, 0.15) is 0 Å². The van der Waals surface area contributed by atoms with E-state index in [1.165, 1.54) is 11.1 Å². The molecule has 0 saturated heterocycles. The Morgan fingerprint density at radius 2 is 1.17 bits per heavy atom. The molecule has 1 heterocycles. The van der Waals surface area contributed by atoms with Crippen molar-refractivity contribution in [2.24, 2.45) is 5.10 Å². The molecule has 30 heavy (non-hydrogen) atoms. The van der Waals surface area contributed by atoms with Crippen LogP contribution in [0.1, 0.15) is 17.5 Å². The summed E-state index contributed by atoms with van der Waals surface area (Å²) in [7, 11) is 0. The monoisotopic (exact) mass is 432 g/mol. The number of nitrogens with zero attached hydrogens (tertiary/aromatic N) is 2. The fourth-order valence-electron chi connectivity index (χ4n) is 4.12. The van der Waals surface area contributed by atoms with Crippen LogP contribution >= 0.6 is 0 Å². The second kappa shape index (κ2) is 9.49. The Balaban J connectivity index is 0.000000321. The van der Waals surface area contributed by atoms with Crippen LogP contribution in [0.4, 0.5) is 0 Å². The minimum atomic E-state index is -0.0597. The van der Waals surface area contributed by atoms with Crippen LogP contribution in [-0.2, 0) is 17.1 Å². The minimum absolute atomic E-state index is 0. The molecule has 10 radical (unpaired) electrons. The summed E-state index contributed by atoms with van der Waals surface area (Å²) in [5.74, 6) is 1.08. The van der Waals surface area contributed by atoms with Crippen LogP contribution in [0.5, 0.6) is 0 Å². The van der Waals surface area contributed by atoms with Crippen molar-refractivity contribution >= 4 is 11.6 Å². The first-order valence-corrected chi connectivity index (χ1v) is 9.81. The molecular weight excluding hydrogens is 412 g/mol. The quantitative estimate of drug-likeness (QED) is 0.429. The van der Waals surface area contributed by atoms with E-state index in [1.807, 2.05) is 61.8 Å². The molecule has 1 aliphatic heterocycles. The summed E-state index contributed by atoms with van der Waals surface area (Å²) in [5, 5.41) is 16.5. The summed E-state index contributed by atoms with van der Waals surface area (Å²) < 4.78 is 1.93. The molecule has 1 unspecified atom stereocenters. The van der Waals surface area contributed by atoms with Gasteiger partial charge in [0.05, 0.1) is 17.0 Å². The zero-order valence-electron chi connectivity index (χ0n) is 16.3. The van der Waals surface area contributed by atoms with E-state index in [0.29, 0.717) is 6.42 Å². The molecule has 3 nitrogen and oxygen atoms in total. The Morgan fingerprint density at radius 1 is 0.700 bits per heavy atom. The standard InChI is InChI=1S/C21H15N2O.C5H5.Fe/c24-20-13-19(14-7-1-2-8-14)23(22-20)21-17-11-5-3-9-15(17)16-10-4-6-12-18(16)21;1-2-4-5-3-1;/h1-12,19H,13H2;1-5H;/q;;+2. The number of fused-ring (bicyclic) bond motifs is 3. The van der Waals surface area contributed by atoms with Crippen LogP contribution in [-0.4, -0.2) is 22.3 Å². The SMILES string of the molecule is [CH]1[CH][CH][CH][CH]1.[Fe+2].[O-]C1=N[N+](=C2c3ccccc3-c3ccccc32)C([C]2[CH][CH][CH][CH]2)C1. The normalized spacial score (nSPS) is 22.1. The van der Waals surface area contributed by atoms with Gasteiger partial charge in [-0.05, 0) is 86.1 Å². The fraction of sp³-hybridized carbons (Fsp3) is 0.0769. The molecule has 0 amide bonds. The summed E-state index contributed by atoms with van der Waals surface area (Å²) in [6, 6.07) is 16.7. The van der Waals surface area contributed by atoms with Gasteiger partial charge in [0.25, 0.3) is 0 Å². The number of rotatable bonds is 1. The van der Waals surface area contributed by atoms with Crippen LogP contribution in [0.25, 0.3) is 11.1 Å². The summed E-state index contributed by atoms with van der Waals surface area (Å²) >= 11 is 0. The molecule has 4 aliphatic rings. The summed E-state index contributed by atoms with van der Waals surface area (Å²) in [4.78, 5) is 0. The molecule has 2 aromatic carbocycles. The van der Waals surface area contributed by atoms with Crippen molar-refractivity contribution in [3.8, 4) is 11.1 Å². The molecule has 2 saturated carbocycles. The number of hydrazone groups is 1. The first-order valence-electron chi connectivity index (χ1n) is 9.81. The van der Waals surface area contributed by atoms with E-state index < -0.39 is 0 Å². The Hall–Kier alpha value is -1.90. The van der Waals surface area contributed by atoms with Crippen molar-refractivity contribution in [3.63, 3.8) is 0 Å². The van der Waals surface area contributed by atoms with Gasteiger partial charge in [0.2, 0.25) is 5.71 Å². The van der Waals surface area contributed by atoms with Crippen LogP contribution in [0.15, 0.2) is 53.6 Å². The Morgan fingerprint density at radius 3 is 1.67 bits per heavy atom. The molecule has 2 fully saturated rings. The molecule has 0 spiro atoms. The van der Waals surface area contributed by atoms with E-state index in [0.717, 1.165) is 22.8 Å². The van der Waals surface area contributed by atoms with Gasteiger partial charge in [0.15, 0.2) is 6.04 Å². The van der Waals surface area contributed by atoms with Crippen LogP contribution in [0.2, 0.25) is 0 Å². The first-order chi connectivity index (χ1) is 14.3. The van der Waals surface area contributed by atoms with Crippen molar-refractivity contribution < 1.29 is 26.9 Å². The molecule has 146 valence electrons. The molecule has 0 N–H and O–H groups in total. The van der Waals surface area contributed by atoms with Crippen molar-refractivity contribution in [2.45, 2.75) is 12.5 Å². The van der Waals surface area contributed by atoms with E-state index in [2.05, 4.69) is 54.3 Å². The smallest absolute Gasteiger partial charge is 0.857 e. The van der Waals surface area contributed by atoms with Crippen molar-refractivity contribution in [3.05, 3.63) is 123 Å². The molecule has 0 bridgehead atoms. The fourth-order valence-corrected chi connectivity index (χ4v) is 4.12. The minimum Gasteiger partial charge on any atom is -0.857 e. The molecule has 1 atom stereocenters. The molecule has 4 heteroatoms. The van der Waals surface area contributed by atoms with Crippen molar-refractivity contribution in [2.75, 3.05) is 0 Å². The van der Waals surface area contributed by atoms with Gasteiger partial charge in [-0.3, -0.25) is 0 Å². The van der Waals surface area contributed by atoms with Crippen LogP contribution < -0.4 is 5.11 Å². The third kappa shape index (κ3) is 4.00. The van der Waals surface area contributed by atoms with Crippen LogP contribution in [0, 0.1) is 63.7 Å². The van der Waals surface area contributed by atoms with Crippen molar-refractivity contribution in [1.29, 1.82) is 0 Å². The van der Waals surface area contributed by atoms with Gasteiger partial charge in [-0.25, -0.2) is 0 Å². The van der Waals surface area contributed by atoms with E-state index in [1.54, 1.807) is 0 Å². The predicted molar refractivity (Wildman–Crippen MR) is 113 cm³/mol. The average Bonchev–Trinajstić information content (AvgIpc) is 3.54. The van der Waals surface area contributed by atoms with Crippen molar-refractivity contribution in [1.82, 2.24) is 0 Å². The summed E-state index contributed by atoms with van der Waals surface area (Å²) in [6.45, 7) is 0. The Bertz CT molecular complexity index is 900. The van der Waals surface area contributed by atoms with Gasteiger partial charge in [-0.1, -0.05) is 41.1 Å². The molecule has 6 rings (SSSR count). The molecule has 2 aromatic rings. The van der Waals surface area contributed by atoms with Gasteiger partial charge in [-0.15, -0.1) is 0 Å². The number of hydrogen-bond acceptors (Lipinski definition) is 2. The van der Waals surface area contributed by atoms with Gasteiger partial charge in [0, 0.05) is 12.3 Å². The number of hydrogen-bond donors (Lipinski definition) is 0. The topological polar surface area (TPSA) is 38.4 Å². The number of benzene rings is 2. The third-order valence-corrected chi connectivity index (χ3v) is 5.39. The maximum atomic E-state index is 12.1. The maximum absolute atomic E-state index is 12.1. The molecular formula is C26H20FeN2O+2. The first kappa shape index (κ1) is 21.3. The second-order valence-corrected chi connectivity index (χ2v) is 7.18. The Labute approximate surface area is 190 Å². The van der Waals surface area contributed by atoms with Gasteiger partial charge >= 0.3 is 17.1 Å². The van der Waals surface area contributed by atoms with E-state index in [4.69, 9.17) is 0 Å². The largest absolute Gasteiger partial charge is 2.00 e. The van der Waals surface area contributed by atoms with Crippen LogP contribution in [0.3, 0.4) is 0 Å². The van der Waals surface area contributed by atoms with E-state index in [-0.39, 0.29) is 29.0 Å². The van der Waals surface area contributed by atoms with E-state index >= 15 is 0 Å². The summed E-state index contributed by atoms with van der Waals surface area (Å²) in [6.07, 6.45) is 18.6. The molecule has 3 aliphatic carbocycles. The maximum Gasteiger partial charge on any atom is 2.00 e.